The molecule has 0 saturated heterocycles. The predicted molar refractivity (Wildman–Crippen MR) is 174 cm³/mol. The first-order chi connectivity index (χ1) is 21.5. The summed E-state index contributed by atoms with van der Waals surface area (Å²) in [4.78, 5) is 44.6. The normalized spacial score (nSPS) is 21.0. The fourth-order valence-corrected chi connectivity index (χ4v) is 6.05. The number of halogens is 2. The van der Waals surface area contributed by atoms with Crippen molar-refractivity contribution in [2.75, 3.05) is 9.91 Å². The van der Waals surface area contributed by atoms with Gasteiger partial charge in [0.25, 0.3) is 17.5 Å². The number of alkyl carbamates (subject to hydrolysis) is 1. The molecular weight excluding hydrogens is 639 g/mol. The van der Waals surface area contributed by atoms with Crippen LogP contribution in [0.3, 0.4) is 0 Å². The summed E-state index contributed by atoms with van der Waals surface area (Å²) >= 11 is 3.41. The van der Waals surface area contributed by atoms with Crippen LogP contribution in [0.5, 0.6) is 0 Å². The van der Waals surface area contributed by atoms with Gasteiger partial charge in [0.2, 0.25) is 0 Å². The fraction of sp³-hybridized carbons (Fsp3) is 0.200. The Morgan fingerprint density at radius 2 is 1.47 bits per heavy atom. The highest BCUT2D eigenvalue weighted by Gasteiger charge is 2.74. The van der Waals surface area contributed by atoms with Gasteiger partial charge in [0.15, 0.2) is 5.54 Å². The maximum atomic E-state index is 18.8. The molecular formula is C35H30BrFN4O4. The first kappa shape index (κ1) is 30.2. The molecule has 4 aromatic rings. The summed E-state index contributed by atoms with van der Waals surface area (Å²) in [5, 5.41) is 8.08. The van der Waals surface area contributed by atoms with Crippen molar-refractivity contribution in [1.82, 2.24) is 5.32 Å². The van der Waals surface area contributed by atoms with Gasteiger partial charge in [-0.05, 0) is 56.7 Å². The summed E-state index contributed by atoms with van der Waals surface area (Å²) in [5.74, 6) is -1.97. The molecule has 0 bridgehead atoms. The Labute approximate surface area is 268 Å². The van der Waals surface area contributed by atoms with Crippen molar-refractivity contribution in [3.05, 3.63) is 130 Å². The van der Waals surface area contributed by atoms with E-state index in [4.69, 9.17) is 4.74 Å². The van der Waals surface area contributed by atoms with Gasteiger partial charge in [-0.1, -0.05) is 94.8 Å². The molecule has 2 aliphatic heterocycles. The van der Waals surface area contributed by atoms with Crippen molar-refractivity contribution < 1.29 is 23.5 Å². The minimum atomic E-state index is -3.22. The number of benzene rings is 4. The van der Waals surface area contributed by atoms with Gasteiger partial charge in [-0.2, -0.15) is 10.1 Å². The van der Waals surface area contributed by atoms with Crippen molar-refractivity contribution in [3.8, 4) is 0 Å². The smallest absolute Gasteiger partial charge is 0.408 e. The van der Waals surface area contributed by atoms with Gasteiger partial charge in [-0.15, -0.1) is 0 Å². The molecule has 1 N–H and O–H groups in total. The molecule has 8 nitrogen and oxygen atoms in total. The van der Waals surface area contributed by atoms with Crippen LogP contribution in [0.4, 0.5) is 20.6 Å². The van der Waals surface area contributed by atoms with Gasteiger partial charge in [0, 0.05) is 15.6 Å². The van der Waals surface area contributed by atoms with Gasteiger partial charge in [-0.25, -0.2) is 9.18 Å². The first-order valence-electron chi connectivity index (χ1n) is 14.4. The summed E-state index contributed by atoms with van der Waals surface area (Å²) in [7, 11) is 0. The second-order valence-corrected chi connectivity index (χ2v) is 12.8. The summed E-state index contributed by atoms with van der Waals surface area (Å²) in [6.07, 6.45) is -1.06. The number of nitrogens with zero attached hydrogens (tertiary/aromatic N) is 3. The molecule has 2 heterocycles. The lowest BCUT2D eigenvalue weighted by molar-refractivity contribution is -0.139. The van der Waals surface area contributed by atoms with E-state index in [1.54, 1.807) is 99.6 Å². The molecule has 2 aliphatic rings. The predicted octanol–water partition coefficient (Wildman–Crippen LogP) is 6.88. The summed E-state index contributed by atoms with van der Waals surface area (Å²) in [6.45, 7) is 5.03. The van der Waals surface area contributed by atoms with Gasteiger partial charge in [0.1, 0.15) is 11.3 Å². The van der Waals surface area contributed by atoms with E-state index in [-0.39, 0.29) is 23.4 Å². The quantitative estimate of drug-likeness (QED) is 0.243. The highest BCUT2D eigenvalue weighted by Crippen LogP contribution is 2.53. The maximum absolute atomic E-state index is 18.8. The number of rotatable bonds is 6. The van der Waals surface area contributed by atoms with Crippen LogP contribution in [0.25, 0.3) is 0 Å². The number of carbonyl (C=O) groups excluding carboxylic acids is 3. The number of nitrogens with one attached hydrogen (secondary N) is 1. The number of ether oxygens (including phenoxy) is 1. The number of hydrazone groups is 1. The highest BCUT2D eigenvalue weighted by molar-refractivity contribution is 9.10. The Morgan fingerprint density at radius 1 is 0.867 bits per heavy atom. The minimum Gasteiger partial charge on any atom is -0.444 e. The molecule has 3 amide bonds. The van der Waals surface area contributed by atoms with Crippen LogP contribution in [0.2, 0.25) is 0 Å². The molecule has 45 heavy (non-hydrogen) atoms. The average molecular weight is 670 g/mol. The third kappa shape index (κ3) is 5.08. The van der Waals surface area contributed by atoms with Crippen molar-refractivity contribution >= 4 is 50.9 Å². The lowest BCUT2D eigenvalue weighted by atomic mass is 9.71. The molecule has 0 spiro atoms. The number of hydrogen-bond donors (Lipinski definition) is 1. The van der Waals surface area contributed by atoms with E-state index < -0.39 is 34.7 Å². The van der Waals surface area contributed by atoms with E-state index in [1.165, 1.54) is 4.90 Å². The lowest BCUT2D eigenvalue weighted by Crippen LogP contribution is -2.70. The summed E-state index contributed by atoms with van der Waals surface area (Å²) in [5.41, 5.74) is -5.35. The Hall–Kier alpha value is -4.83. The molecule has 0 radical (unpaired) electrons. The van der Waals surface area contributed by atoms with Crippen LogP contribution in [-0.4, -0.2) is 34.9 Å². The lowest BCUT2D eigenvalue weighted by Gasteiger charge is -2.39. The van der Waals surface area contributed by atoms with Crippen LogP contribution in [0.1, 0.15) is 37.5 Å². The monoisotopic (exact) mass is 668 g/mol. The van der Waals surface area contributed by atoms with Gasteiger partial charge in [-0.3, -0.25) is 14.9 Å². The number of hydrogen-bond acceptors (Lipinski definition) is 5. The minimum absolute atomic E-state index is 0.0614. The standard InChI is InChI=1S/C35H30BrFN4O4/c1-33(2,3)45-32(44)38-35(27-16-10-11-17-28(27)40(31(35)43)22-23-12-6-4-7-13-23)34(37)29(24-18-20-25(36)21-19-24)39-41(30(34)42)26-14-8-5-9-15-26/h4-21H,22H2,1-3H3,(H,38,44)/t34-,35+/m1/s1. The van der Waals surface area contributed by atoms with Crippen molar-refractivity contribution in [1.29, 1.82) is 0 Å². The van der Waals surface area contributed by atoms with E-state index in [9.17, 15) is 14.4 Å². The van der Waals surface area contributed by atoms with Crippen LogP contribution in [0, 0.1) is 0 Å². The van der Waals surface area contributed by atoms with Crippen LogP contribution in [0.15, 0.2) is 119 Å². The number of para-hydroxylation sites is 2. The zero-order valence-corrected chi connectivity index (χ0v) is 26.4. The van der Waals surface area contributed by atoms with E-state index in [0.29, 0.717) is 11.4 Å². The molecule has 6 rings (SSSR count). The number of carbonyl (C=O) groups is 3. The molecule has 2 atom stereocenters. The molecule has 0 aromatic heterocycles. The number of amides is 3. The number of alkyl halides is 1. The molecule has 4 aromatic carbocycles. The van der Waals surface area contributed by atoms with Crippen LogP contribution >= 0.6 is 15.9 Å². The molecule has 0 unspecified atom stereocenters. The molecule has 228 valence electrons. The topological polar surface area (TPSA) is 91.3 Å². The second kappa shape index (κ2) is 11.3. The second-order valence-electron chi connectivity index (χ2n) is 11.8. The molecule has 0 saturated carbocycles. The Bertz CT molecular complexity index is 1810. The number of anilines is 2. The number of fused-ring (bicyclic) bond motifs is 1. The van der Waals surface area contributed by atoms with E-state index in [2.05, 4.69) is 26.3 Å². The largest absolute Gasteiger partial charge is 0.444 e. The Kier molecular flexibility index (Phi) is 7.56. The molecule has 10 heteroatoms. The zero-order chi connectivity index (χ0) is 32.0. The van der Waals surface area contributed by atoms with Crippen molar-refractivity contribution in [3.63, 3.8) is 0 Å². The van der Waals surface area contributed by atoms with Crippen LogP contribution < -0.4 is 15.2 Å². The van der Waals surface area contributed by atoms with Crippen molar-refractivity contribution in [2.45, 2.75) is 44.1 Å². The molecule has 0 aliphatic carbocycles. The molecule has 0 fully saturated rings. The first-order valence-corrected chi connectivity index (χ1v) is 15.1. The Balaban J connectivity index is 1.62. The van der Waals surface area contributed by atoms with Crippen molar-refractivity contribution in [2.24, 2.45) is 5.10 Å². The summed E-state index contributed by atoms with van der Waals surface area (Å²) < 4.78 is 25.1. The Morgan fingerprint density at radius 3 is 2.11 bits per heavy atom. The fourth-order valence-electron chi connectivity index (χ4n) is 5.78. The van der Waals surface area contributed by atoms with E-state index >= 15 is 4.39 Å². The van der Waals surface area contributed by atoms with E-state index in [1.807, 2.05) is 30.3 Å². The highest BCUT2D eigenvalue weighted by atomic mass is 79.9. The SMILES string of the molecule is CC(C)(C)OC(=O)N[C@]1([C@]2(F)C(=O)N(c3ccccc3)N=C2c2ccc(Br)cc2)C(=O)N(Cc2ccccc2)c2ccccc21. The third-order valence-corrected chi connectivity index (χ3v) is 8.21. The van der Waals surface area contributed by atoms with Crippen LogP contribution in [-0.2, 0) is 26.4 Å². The van der Waals surface area contributed by atoms with E-state index in [0.717, 1.165) is 15.0 Å². The summed E-state index contributed by atoms with van der Waals surface area (Å²) in [6, 6.07) is 30.8. The average Bonchev–Trinajstić information content (AvgIpc) is 3.42. The van der Waals surface area contributed by atoms with Gasteiger partial charge >= 0.3 is 6.09 Å². The third-order valence-electron chi connectivity index (χ3n) is 7.69. The van der Waals surface area contributed by atoms with Gasteiger partial charge in [0.05, 0.1) is 17.9 Å². The maximum Gasteiger partial charge on any atom is 0.408 e. The van der Waals surface area contributed by atoms with Gasteiger partial charge < -0.3 is 9.64 Å². The zero-order valence-electron chi connectivity index (χ0n) is 24.8.